The summed E-state index contributed by atoms with van der Waals surface area (Å²) >= 11 is 1.22. The van der Waals surface area contributed by atoms with Crippen LogP contribution < -0.4 is 20.3 Å². The van der Waals surface area contributed by atoms with Crippen molar-refractivity contribution in [2.45, 2.75) is 38.3 Å². The van der Waals surface area contributed by atoms with Crippen molar-refractivity contribution < 1.29 is 14.3 Å². The van der Waals surface area contributed by atoms with Gasteiger partial charge >= 0.3 is 0 Å². The number of aromatic nitrogens is 2. The van der Waals surface area contributed by atoms with Crippen molar-refractivity contribution in [3.05, 3.63) is 39.8 Å². The third-order valence-electron chi connectivity index (χ3n) is 4.09. The molecule has 2 aromatic rings. The van der Waals surface area contributed by atoms with Crippen LogP contribution in [0, 0.1) is 0 Å². The highest BCUT2D eigenvalue weighted by molar-refractivity contribution is 7.99. The number of rotatable bonds is 7. The normalized spacial score (nSPS) is 12.7. The monoisotopic (exact) mass is 389 g/mol. The zero-order valence-electron chi connectivity index (χ0n) is 15.5. The number of amides is 1. The second kappa shape index (κ2) is 8.94. The first-order chi connectivity index (χ1) is 13.1. The summed E-state index contributed by atoms with van der Waals surface area (Å²) in [6.45, 7) is 5.01. The minimum Gasteiger partial charge on any atom is -0.486 e. The molecule has 0 fully saturated rings. The predicted molar refractivity (Wildman–Crippen MR) is 105 cm³/mol. The second-order valence-corrected chi connectivity index (χ2v) is 7.06. The number of ether oxygens (including phenoxy) is 2. The van der Waals surface area contributed by atoms with Crippen molar-refractivity contribution in [2.75, 3.05) is 24.3 Å². The topological polar surface area (TPSA) is 93.3 Å². The fraction of sp³-hybridized carbons (Fsp3) is 0.421. The Balaban J connectivity index is 1.63. The molecule has 0 radical (unpaired) electrons. The van der Waals surface area contributed by atoms with E-state index < -0.39 is 0 Å². The Morgan fingerprint density at radius 3 is 2.78 bits per heavy atom. The van der Waals surface area contributed by atoms with E-state index in [0.717, 1.165) is 24.1 Å². The molecular formula is C19H23N3O4S. The van der Waals surface area contributed by atoms with E-state index in [4.69, 9.17) is 9.47 Å². The maximum Gasteiger partial charge on any atom is 0.254 e. The zero-order valence-corrected chi connectivity index (χ0v) is 16.3. The number of thioether (sulfide) groups is 1. The van der Waals surface area contributed by atoms with Gasteiger partial charge in [0.15, 0.2) is 16.7 Å². The van der Waals surface area contributed by atoms with Crippen LogP contribution in [-0.4, -0.2) is 34.8 Å². The summed E-state index contributed by atoms with van der Waals surface area (Å²) in [7, 11) is 0. The Morgan fingerprint density at radius 2 is 2.04 bits per heavy atom. The molecule has 144 valence electrons. The summed E-state index contributed by atoms with van der Waals surface area (Å²) in [5.41, 5.74) is 2.06. The number of hydrogen-bond acceptors (Lipinski definition) is 6. The van der Waals surface area contributed by atoms with Gasteiger partial charge in [-0.3, -0.25) is 9.59 Å². The fourth-order valence-corrected chi connectivity index (χ4v) is 3.53. The molecule has 0 atom stereocenters. The van der Waals surface area contributed by atoms with Gasteiger partial charge in [-0.25, -0.2) is 4.98 Å². The number of aromatic amines is 1. The van der Waals surface area contributed by atoms with E-state index in [1.54, 1.807) is 18.2 Å². The number of fused-ring (bicyclic) bond motifs is 1. The molecule has 2 N–H and O–H groups in total. The van der Waals surface area contributed by atoms with Crippen molar-refractivity contribution in [1.82, 2.24) is 9.97 Å². The van der Waals surface area contributed by atoms with Crippen LogP contribution in [0.1, 0.15) is 31.5 Å². The summed E-state index contributed by atoms with van der Waals surface area (Å²) < 4.78 is 11.0. The first-order valence-corrected chi connectivity index (χ1v) is 10.0. The van der Waals surface area contributed by atoms with Crippen molar-refractivity contribution >= 4 is 23.4 Å². The van der Waals surface area contributed by atoms with Crippen LogP contribution in [0.25, 0.3) is 0 Å². The molecule has 8 heteroatoms. The van der Waals surface area contributed by atoms with E-state index in [9.17, 15) is 9.59 Å². The number of anilines is 1. The lowest BCUT2D eigenvalue weighted by Crippen LogP contribution is -2.20. The van der Waals surface area contributed by atoms with Gasteiger partial charge in [-0.05, 0) is 25.0 Å². The first kappa shape index (κ1) is 19.3. The van der Waals surface area contributed by atoms with Gasteiger partial charge in [0.05, 0.1) is 11.4 Å². The lowest BCUT2D eigenvalue weighted by atomic mass is 10.1. The summed E-state index contributed by atoms with van der Waals surface area (Å²) in [6.07, 6.45) is 2.31. The molecule has 1 aromatic carbocycles. The molecule has 1 aliphatic heterocycles. The van der Waals surface area contributed by atoms with Crippen LogP contribution in [0.4, 0.5) is 5.69 Å². The highest BCUT2D eigenvalue weighted by atomic mass is 32.2. The van der Waals surface area contributed by atoms with E-state index >= 15 is 0 Å². The Bertz CT molecular complexity index is 882. The maximum atomic E-state index is 12.2. The van der Waals surface area contributed by atoms with Crippen LogP contribution in [0.15, 0.2) is 28.2 Å². The van der Waals surface area contributed by atoms with Crippen LogP contribution in [0.5, 0.6) is 11.5 Å². The first-order valence-electron chi connectivity index (χ1n) is 9.05. The zero-order chi connectivity index (χ0) is 19.2. The molecule has 1 amide bonds. The minimum atomic E-state index is -0.184. The molecule has 0 saturated carbocycles. The molecule has 0 bridgehead atoms. The molecule has 0 saturated heterocycles. The molecule has 1 aromatic heterocycles. The smallest absolute Gasteiger partial charge is 0.254 e. The number of nitrogens with zero attached hydrogens (tertiary/aromatic N) is 1. The van der Waals surface area contributed by atoms with Gasteiger partial charge in [0, 0.05) is 17.3 Å². The van der Waals surface area contributed by atoms with Gasteiger partial charge < -0.3 is 19.8 Å². The lowest BCUT2D eigenvalue weighted by molar-refractivity contribution is -0.113. The summed E-state index contributed by atoms with van der Waals surface area (Å²) in [5.74, 6) is 1.26. The average molecular weight is 389 g/mol. The molecule has 3 rings (SSSR count). The maximum absolute atomic E-state index is 12.2. The second-order valence-electron chi connectivity index (χ2n) is 6.10. The fourth-order valence-electron chi connectivity index (χ4n) is 2.85. The number of carbonyl (C=O) groups is 1. The number of aryl methyl sites for hydroxylation is 1. The van der Waals surface area contributed by atoms with Gasteiger partial charge in [0.1, 0.15) is 13.2 Å². The third kappa shape index (κ3) is 4.82. The molecule has 7 nitrogen and oxygen atoms in total. The Morgan fingerprint density at radius 1 is 1.26 bits per heavy atom. The summed E-state index contributed by atoms with van der Waals surface area (Å²) in [5, 5.41) is 3.29. The van der Waals surface area contributed by atoms with Crippen LogP contribution in [0.3, 0.4) is 0 Å². The van der Waals surface area contributed by atoms with Gasteiger partial charge in [-0.2, -0.15) is 0 Å². The quantitative estimate of drug-likeness (QED) is 0.559. The van der Waals surface area contributed by atoms with E-state index in [2.05, 4.69) is 22.2 Å². The van der Waals surface area contributed by atoms with Crippen LogP contribution >= 0.6 is 11.8 Å². The predicted octanol–water partition coefficient (Wildman–Crippen LogP) is 2.79. The van der Waals surface area contributed by atoms with E-state index in [-0.39, 0.29) is 17.2 Å². The van der Waals surface area contributed by atoms with Gasteiger partial charge in [-0.1, -0.05) is 32.0 Å². The molecule has 27 heavy (non-hydrogen) atoms. The van der Waals surface area contributed by atoms with Crippen LogP contribution in [0.2, 0.25) is 0 Å². The molecule has 0 spiro atoms. The molecule has 0 unspecified atom stereocenters. The highest BCUT2D eigenvalue weighted by Gasteiger charge is 2.14. The Hall–Kier alpha value is -2.48. The van der Waals surface area contributed by atoms with Crippen molar-refractivity contribution in [2.24, 2.45) is 0 Å². The highest BCUT2D eigenvalue weighted by Crippen LogP contribution is 2.32. The molecule has 0 aliphatic carbocycles. The molecule has 1 aliphatic rings. The standard InChI is InChI=1S/C19H23N3O4S/c1-3-5-14-13(4-2)18(24)22-19(21-14)27-11-17(23)20-12-6-7-15-16(10-12)26-9-8-25-15/h6-7,10H,3-5,8-9,11H2,1-2H3,(H,20,23)(H,21,22,24). The van der Waals surface area contributed by atoms with E-state index in [0.29, 0.717) is 42.0 Å². The number of H-pyrrole nitrogens is 1. The van der Waals surface area contributed by atoms with Crippen molar-refractivity contribution in [1.29, 1.82) is 0 Å². The van der Waals surface area contributed by atoms with Crippen molar-refractivity contribution in [3.63, 3.8) is 0 Å². The lowest BCUT2D eigenvalue weighted by Gasteiger charge is -2.19. The average Bonchev–Trinajstić information content (AvgIpc) is 2.66. The van der Waals surface area contributed by atoms with E-state index in [1.165, 1.54) is 11.8 Å². The number of nitrogens with one attached hydrogen (secondary N) is 2. The molecule has 2 heterocycles. The number of benzene rings is 1. The molecular weight excluding hydrogens is 366 g/mol. The minimum absolute atomic E-state index is 0.120. The van der Waals surface area contributed by atoms with Gasteiger partial charge in [0.25, 0.3) is 5.56 Å². The SMILES string of the molecule is CCCc1nc(SCC(=O)Nc2ccc3c(c2)OCCO3)[nH]c(=O)c1CC. The Kier molecular flexibility index (Phi) is 6.39. The summed E-state index contributed by atoms with van der Waals surface area (Å²) in [4.78, 5) is 31.7. The summed E-state index contributed by atoms with van der Waals surface area (Å²) in [6, 6.07) is 5.29. The third-order valence-corrected chi connectivity index (χ3v) is 4.96. The van der Waals surface area contributed by atoms with Gasteiger partial charge in [0.2, 0.25) is 5.91 Å². The van der Waals surface area contributed by atoms with Gasteiger partial charge in [-0.15, -0.1) is 0 Å². The van der Waals surface area contributed by atoms with Crippen LogP contribution in [-0.2, 0) is 17.6 Å². The number of carbonyl (C=O) groups excluding carboxylic acids is 1. The van der Waals surface area contributed by atoms with Crippen molar-refractivity contribution in [3.8, 4) is 11.5 Å². The largest absolute Gasteiger partial charge is 0.486 e. The Labute approximate surface area is 161 Å². The van der Waals surface area contributed by atoms with E-state index in [1.807, 2.05) is 6.92 Å². The number of hydrogen-bond donors (Lipinski definition) is 2.